The number of nitrogens with one attached hydrogen (secondary N) is 1. The van der Waals surface area contributed by atoms with Gasteiger partial charge in [0.2, 0.25) is 5.91 Å². The molecular weight excluding hydrogens is 366 g/mol. The zero-order valence-electron chi connectivity index (χ0n) is 13.5. The average Bonchev–Trinajstić information content (AvgIpc) is 3.05. The Bertz CT molecular complexity index is 899. The molecule has 0 atom stereocenters. The number of rotatable bonds is 5. The van der Waals surface area contributed by atoms with Crippen molar-refractivity contribution in [1.29, 1.82) is 0 Å². The molecule has 0 bridgehead atoms. The van der Waals surface area contributed by atoms with E-state index in [1.807, 2.05) is 0 Å². The van der Waals surface area contributed by atoms with Crippen molar-refractivity contribution < 1.29 is 22.5 Å². The highest BCUT2D eigenvalue weighted by atomic mass is 32.2. The van der Waals surface area contributed by atoms with Crippen molar-refractivity contribution in [1.82, 2.24) is 10.1 Å². The van der Waals surface area contributed by atoms with Crippen LogP contribution in [0.3, 0.4) is 0 Å². The maximum Gasteiger partial charge on any atom is 0.289 e. The third-order valence-corrected chi connectivity index (χ3v) is 6.11. The van der Waals surface area contributed by atoms with Gasteiger partial charge in [0.05, 0.1) is 12.3 Å². The Balaban J connectivity index is 1.75. The maximum atomic E-state index is 12.4. The largest absolute Gasteiger partial charge is 0.360 e. The van der Waals surface area contributed by atoms with Gasteiger partial charge in [-0.1, -0.05) is 29.1 Å². The Labute approximate surface area is 148 Å². The molecule has 0 radical (unpaired) electrons. The van der Waals surface area contributed by atoms with Gasteiger partial charge >= 0.3 is 0 Å². The summed E-state index contributed by atoms with van der Waals surface area (Å²) in [7, 11) is -3.81. The first-order chi connectivity index (χ1) is 11.8. The molecule has 25 heavy (non-hydrogen) atoms. The molecule has 0 aliphatic carbocycles. The lowest BCUT2D eigenvalue weighted by Crippen LogP contribution is -2.27. The summed E-state index contributed by atoms with van der Waals surface area (Å²) < 4.78 is 32.2. The van der Waals surface area contributed by atoms with Gasteiger partial charge in [-0.3, -0.25) is 19.2 Å². The molecule has 1 saturated heterocycles. The second kappa shape index (κ2) is 6.52. The molecule has 2 amide bonds. The van der Waals surface area contributed by atoms with E-state index in [0.717, 1.165) is 17.3 Å². The van der Waals surface area contributed by atoms with Crippen LogP contribution in [-0.4, -0.2) is 35.4 Å². The van der Waals surface area contributed by atoms with E-state index in [1.54, 1.807) is 31.2 Å². The average molecular weight is 381 g/mol. The van der Waals surface area contributed by atoms with Gasteiger partial charge in [-0.2, -0.15) is 0 Å². The topological polar surface area (TPSA) is 110 Å². The lowest BCUT2D eigenvalue weighted by molar-refractivity contribution is -0.125. The van der Waals surface area contributed by atoms with Crippen LogP contribution in [0.25, 0.3) is 0 Å². The summed E-state index contributed by atoms with van der Waals surface area (Å²) in [5, 5.41) is 3.37. The Morgan fingerprint density at radius 2 is 1.92 bits per heavy atom. The zero-order chi connectivity index (χ0) is 18.2. The number of sulfonamides is 1. The monoisotopic (exact) mass is 381 g/mol. The van der Waals surface area contributed by atoms with Crippen molar-refractivity contribution >= 4 is 38.6 Å². The molecule has 8 nitrogen and oxygen atoms in total. The summed E-state index contributed by atoms with van der Waals surface area (Å²) in [6, 6.07) is 6.47. The Morgan fingerprint density at radius 1 is 1.24 bits per heavy atom. The SMILES string of the molecule is Cc1noc(C)c1S(=O)(=O)Nc1ccc(CN2C(=O)CSC2=O)cc1. The summed E-state index contributed by atoms with van der Waals surface area (Å²) in [6.45, 7) is 3.25. The molecule has 132 valence electrons. The van der Waals surface area contributed by atoms with Crippen LogP contribution in [0.4, 0.5) is 10.5 Å². The van der Waals surface area contributed by atoms with Gasteiger partial charge < -0.3 is 4.52 Å². The molecule has 2 heterocycles. The number of hydrogen-bond acceptors (Lipinski definition) is 7. The van der Waals surface area contributed by atoms with Gasteiger partial charge in [0.1, 0.15) is 5.69 Å². The predicted molar refractivity (Wildman–Crippen MR) is 91.6 cm³/mol. The summed E-state index contributed by atoms with van der Waals surface area (Å²) >= 11 is 0.976. The number of hydrogen-bond donors (Lipinski definition) is 1. The van der Waals surface area contributed by atoms with Crippen molar-refractivity contribution in [3.8, 4) is 0 Å². The number of carbonyl (C=O) groups excluding carboxylic acids is 2. The highest BCUT2D eigenvalue weighted by molar-refractivity contribution is 8.14. The first-order valence-electron chi connectivity index (χ1n) is 7.29. The highest BCUT2D eigenvalue weighted by Gasteiger charge is 2.29. The van der Waals surface area contributed by atoms with E-state index < -0.39 is 10.0 Å². The Morgan fingerprint density at radius 3 is 2.44 bits per heavy atom. The zero-order valence-corrected chi connectivity index (χ0v) is 15.1. The van der Waals surface area contributed by atoms with E-state index >= 15 is 0 Å². The van der Waals surface area contributed by atoms with Gasteiger partial charge in [0.15, 0.2) is 10.7 Å². The minimum atomic E-state index is -3.81. The molecule has 0 saturated carbocycles. The summed E-state index contributed by atoms with van der Waals surface area (Å²) in [6.07, 6.45) is 0. The number of aryl methyl sites for hydroxylation is 2. The third kappa shape index (κ3) is 3.54. The van der Waals surface area contributed by atoms with Crippen LogP contribution in [0.2, 0.25) is 0 Å². The number of nitrogens with zero attached hydrogens (tertiary/aromatic N) is 2. The molecule has 1 aromatic carbocycles. The van der Waals surface area contributed by atoms with Crippen LogP contribution < -0.4 is 4.72 Å². The van der Waals surface area contributed by atoms with Crippen LogP contribution in [-0.2, 0) is 21.4 Å². The molecule has 1 aromatic heterocycles. The fourth-order valence-electron chi connectivity index (χ4n) is 2.46. The number of thioether (sulfide) groups is 1. The smallest absolute Gasteiger partial charge is 0.289 e. The lowest BCUT2D eigenvalue weighted by Gasteiger charge is -2.13. The van der Waals surface area contributed by atoms with Crippen molar-refractivity contribution in [2.24, 2.45) is 0 Å². The minimum absolute atomic E-state index is 0.0156. The normalized spacial score (nSPS) is 15.0. The van der Waals surface area contributed by atoms with Crippen LogP contribution in [0.1, 0.15) is 17.0 Å². The molecule has 0 spiro atoms. The van der Waals surface area contributed by atoms with Crippen LogP contribution in [0.15, 0.2) is 33.7 Å². The lowest BCUT2D eigenvalue weighted by atomic mass is 10.2. The third-order valence-electron chi connectivity index (χ3n) is 3.62. The number of carbonyl (C=O) groups is 2. The van der Waals surface area contributed by atoms with Gasteiger partial charge in [0, 0.05) is 5.69 Å². The summed E-state index contributed by atoms with van der Waals surface area (Å²) in [5.74, 6) is 0.150. The van der Waals surface area contributed by atoms with Gasteiger partial charge in [-0.05, 0) is 31.5 Å². The van der Waals surface area contributed by atoms with E-state index in [2.05, 4.69) is 9.88 Å². The predicted octanol–water partition coefficient (Wildman–Crippen LogP) is 2.29. The number of anilines is 1. The van der Waals surface area contributed by atoms with E-state index in [0.29, 0.717) is 5.69 Å². The molecule has 0 unspecified atom stereocenters. The maximum absolute atomic E-state index is 12.4. The number of benzene rings is 1. The summed E-state index contributed by atoms with van der Waals surface area (Å²) in [4.78, 5) is 24.4. The first-order valence-corrected chi connectivity index (χ1v) is 9.76. The Kier molecular flexibility index (Phi) is 4.56. The van der Waals surface area contributed by atoms with E-state index in [9.17, 15) is 18.0 Å². The van der Waals surface area contributed by atoms with Crippen molar-refractivity contribution in [3.05, 3.63) is 41.3 Å². The van der Waals surface area contributed by atoms with Gasteiger partial charge in [-0.15, -0.1) is 0 Å². The molecule has 10 heteroatoms. The van der Waals surface area contributed by atoms with Crippen LogP contribution in [0.5, 0.6) is 0 Å². The molecule has 3 rings (SSSR count). The van der Waals surface area contributed by atoms with Gasteiger partial charge in [-0.25, -0.2) is 8.42 Å². The van der Waals surface area contributed by atoms with Crippen molar-refractivity contribution in [3.63, 3.8) is 0 Å². The molecule has 2 aromatic rings. The molecule has 1 fully saturated rings. The van der Waals surface area contributed by atoms with Crippen molar-refractivity contribution in [2.75, 3.05) is 10.5 Å². The van der Waals surface area contributed by atoms with E-state index in [-0.39, 0.29) is 39.8 Å². The van der Waals surface area contributed by atoms with E-state index in [4.69, 9.17) is 4.52 Å². The number of aromatic nitrogens is 1. The van der Waals surface area contributed by atoms with Gasteiger partial charge in [0.25, 0.3) is 15.3 Å². The van der Waals surface area contributed by atoms with E-state index in [1.165, 1.54) is 11.8 Å². The fourth-order valence-corrected chi connectivity index (χ4v) is 4.57. The standard InChI is InChI=1S/C15H15N3O5S2/c1-9-14(10(2)23-16-9)25(21,22)17-12-5-3-11(4-6-12)7-18-13(19)8-24-15(18)20/h3-6,17H,7-8H2,1-2H3. The van der Waals surface area contributed by atoms with Crippen LogP contribution >= 0.6 is 11.8 Å². The second-order valence-corrected chi connectivity index (χ2v) is 8.04. The first kappa shape index (κ1) is 17.5. The highest BCUT2D eigenvalue weighted by Crippen LogP contribution is 2.24. The molecule has 1 aliphatic rings. The Hall–Kier alpha value is -2.33. The quantitative estimate of drug-likeness (QED) is 0.846. The number of imide groups is 1. The minimum Gasteiger partial charge on any atom is -0.360 e. The van der Waals surface area contributed by atoms with Crippen LogP contribution in [0, 0.1) is 13.8 Å². The molecule has 1 aliphatic heterocycles. The molecule has 1 N–H and O–H groups in total. The number of amides is 2. The van der Waals surface area contributed by atoms with Crippen molar-refractivity contribution in [2.45, 2.75) is 25.3 Å². The fraction of sp³-hybridized carbons (Fsp3) is 0.267. The summed E-state index contributed by atoms with van der Waals surface area (Å²) in [5.41, 5.74) is 1.37. The molecular formula is C15H15N3O5S2. The second-order valence-electron chi connectivity index (χ2n) is 5.49.